The van der Waals surface area contributed by atoms with Gasteiger partial charge >= 0.3 is 0 Å². The van der Waals surface area contributed by atoms with Crippen molar-refractivity contribution in [3.05, 3.63) is 0 Å². The molecule has 0 aromatic heterocycles. The second-order valence-corrected chi connectivity index (χ2v) is 6.18. The summed E-state index contributed by atoms with van der Waals surface area (Å²) in [6, 6.07) is 0. The Morgan fingerprint density at radius 3 is 2.41 bits per heavy atom. The van der Waals surface area contributed by atoms with E-state index in [4.69, 9.17) is 5.73 Å². The highest BCUT2D eigenvalue weighted by molar-refractivity contribution is 5.99. The molecule has 2 aliphatic rings. The zero-order chi connectivity index (χ0) is 12.9. The molecule has 4 heteroatoms. The summed E-state index contributed by atoms with van der Waals surface area (Å²) in [5.74, 6) is 0.263. The lowest BCUT2D eigenvalue weighted by molar-refractivity contribution is -0.136. The van der Waals surface area contributed by atoms with Crippen molar-refractivity contribution in [2.24, 2.45) is 22.0 Å². The van der Waals surface area contributed by atoms with E-state index in [0.717, 1.165) is 12.8 Å². The van der Waals surface area contributed by atoms with Gasteiger partial charge in [-0.3, -0.25) is 9.59 Å². The number of nitrogens with two attached hydrogens (primary N) is 1. The molecule has 2 rings (SSSR count). The molecule has 96 valence electrons. The smallest absolute Gasteiger partial charge is 0.227 e. The van der Waals surface area contributed by atoms with Gasteiger partial charge in [-0.25, -0.2) is 0 Å². The fraction of sp³-hybridized carbons (Fsp3) is 0.846. The lowest BCUT2D eigenvalue weighted by Gasteiger charge is -2.38. The number of hydrogen-bond donors (Lipinski definition) is 2. The van der Waals surface area contributed by atoms with Crippen LogP contribution in [0.1, 0.15) is 40.0 Å². The Kier molecular flexibility index (Phi) is 2.62. The maximum absolute atomic E-state index is 12.4. The number of rotatable bonds is 3. The number of carbonyl (C=O) groups is 2. The van der Waals surface area contributed by atoms with E-state index in [9.17, 15) is 9.59 Å². The van der Waals surface area contributed by atoms with E-state index < -0.39 is 5.41 Å². The molecule has 2 unspecified atom stereocenters. The predicted molar refractivity (Wildman–Crippen MR) is 65.2 cm³/mol. The first-order valence-corrected chi connectivity index (χ1v) is 6.33. The fourth-order valence-electron chi connectivity index (χ4n) is 3.72. The van der Waals surface area contributed by atoms with Crippen molar-refractivity contribution in [2.75, 3.05) is 13.1 Å². The summed E-state index contributed by atoms with van der Waals surface area (Å²) in [5.41, 5.74) is 4.32. The summed E-state index contributed by atoms with van der Waals surface area (Å²) in [5, 5.41) is 2.87. The number of Topliss-reactive ketones (excluding diaryl/α,β-unsaturated/α-hetero) is 1. The van der Waals surface area contributed by atoms with Gasteiger partial charge in [-0.1, -0.05) is 20.8 Å². The van der Waals surface area contributed by atoms with Crippen molar-refractivity contribution in [1.29, 1.82) is 0 Å². The van der Waals surface area contributed by atoms with Crippen LogP contribution in [-0.4, -0.2) is 24.8 Å². The third-order valence-corrected chi connectivity index (χ3v) is 5.57. The van der Waals surface area contributed by atoms with E-state index in [1.54, 1.807) is 0 Å². The minimum absolute atomic E-state index is 0.0162. The average Bonchev–Trinajstić information content (AvgIpc) is 2.56. The summed E-state index contributed by atoms with van der Waals surface area (Å²) < 4.78 is 0. The Bertz CT molecular complexity index is 378. The standard InChI is InChI=1S/C13H22N2O2/c1-11(2)12(3)4-5-13(11,8-9(12)16)10(17)15-7-6-14/h4-8,14H2,1-3H3,(H,15,17). The molecule has 0 aromatic carbocycles. The molecule has 2 fully saturated rings. The lowest BCUT2D eigenvalue weighted by Crippen LogP contribution is -2.47. The molecule has 0 saturated heterocycles. The van der Waals surface area contributed by atoms with Gasteiger partial charge in [-0.15, -0.1) is 0 Å². The molecular weight excluding hydrogens is 216 g/mol. The highest BCUT2D eigenvalue weighted by Crippen LogP contribution is 2.70. The predicted octanol–water partition coefficient (Wildman–Crippen LogP) is 0.847. The van der Waals surface area contributed by atoms with Crippen LogP contribution in [0, 0.1) is 16.2 Å². The van der Waals surface area contributed by atoms with Crippen molar-refractivity contribution in [3.8, 4) is 0 Å². The SMILES string of the molecule is CC12CCC(C(=O)NCCN)(CC1=O)C2(C)C. The van der Waals surface area contributed by atoms with Gasteiger partial charge in [0, 0.05) is 24.9 Å². The molecule has 17 heavy (non-hydrogen) atoms. The van der Waals surface area contributed by atoms with E-state index in [0.29, 0.717) is 19.5 Å². The average molecular weight is 238 g/mol. The number of amides is 1. The number of nitrogens with one attached hydrogen (secondary N) is 1. The molecule has 0 aromatic rings. The third-order valence-electron chi connectivity index (χ3n) is 5.57. The minimum Gasteiger partial charge on any atom is -0.354 e. The minimum atomic E-state index is -0.506. The summed E-state index contributed by atoms with van der Waals surface area (Å²) >= 11 is 0. The molecule has 4 nitrogen and oxygen atoms in total. The molecule has 2 bridgehead atoms. The monoisotopic (exact) mass is 238 g/mol. The van der Waals surface area contributed by atoms with Gasteiger partial charge in [0.05, 0.1) is 5.41 Å². The van der Waals surface area contributed by atoms with Gasteiger partial charge in [0.1, 0.15) is 5.78 Å². The van der Waals surface area contributed by atoms with Crippen molar-refractivity contribution in [2.45, 2.75) is 40.0 Å². The van der Waals surface area contributed by atoms with Crippen molar-refractivity contribution in [3.63, 3.8) is 0 Å². The Hall–Kier alpha value is -0.900. The molecule has 0 spiro atoms. The van der Waals surface area contributed by atoms with Crippen molar-refractivity contribution in [1.82, 2.24) is 5.32 Å². The molecule has 2 atom stereocenters. The van der Waals surface area contributed by atoms with Crippen LogP contribution in [0.5, 0.6) is 0 Å². The topological polar surface area (TPSA) is 72.2 Å². The van der Waals surface area contributed by atoms with Crippen molar-refractivity contribution < 1.29 is 9.59 Å². The Morgan fingerprint density at radius 1 is 1.35 bits per heavy atom. The maximum atomic E-state index is 12.4. The van der Waals surface area contributed by atoms with Crippen LogP contribution < -0.4 is 11.1 Å². The molecule has 3 N–H and O–H groups in total. The lowest BCUT2D eigenvalue weighted by atomic mass is 9.64. The second-order valence-electron chi connectivity index (χ2n) is 6.18. The van der Waals surface area contributed by atoms with Gasteiger partial charge in [0.2, 0.25) is 5.91 Å². The van der Waals surface area contributed by atoms with E-state index in [1.807, 2.05) is 6.92 Å². The van der Waals surface area contributed by atoms with Crippen LogP contribution >= 0.6 is 0 Å². The van der Waals surface area contributed by atoms with Crippen molar-refractivity contribution >= 4 is 11.7 Å². The van der Waals surface area contributed by atoms with Crippen LogP contribution in [0.4, 0.5) is 0 Å². The summed E-state index contributed by atoms with van der Waals surface area (Å²) in [6.45, 7) is 7.06. The summed E-state index contributed by atoms with van der Waals surface area (Å²) in [7, 11) is 0. The number of carbonyl (C=O) groups excluding carboxylic acids is 2. The van der Waals surface area contributed by atoms with Gasteiger partial charge < -0.3 is 11.1 Å². The van der Waals surface area contributed by atoms with Crippen LogP contribution in [0.2, 0.25) is 0 Å². The van der Waals surface area contributed by atoms with Gasteiger partial charge in [-0.2, -0.15) is 0 Å². The summed E-state index contributed by atoms with van der Waals surface area (Å²) in [4.78, 5) is 24.5. The molecule has 2 aliphatic carbocycles. The Morgan fingerprint density at radius 2 is 2.00 bits per heavy atom. The normalized spacial score (nSPS) is 38.5. The molecule has 0 heterocycles. The highest BCUT2D eigenvalue weighted by Gasteiger charge is 2.72. The Balaban J connectivity index is 2.33. The molecular formula is C13H22N2O2. The summed E-state index contributed by atoms with van der Waals surface area (Å²) in [6.07, 6.45) is 2.04. The van der Waals surface area contributed by atoms with E-state index in [2.05, 4.69) is 19.2 Å². The second kappa shape index (κ2) is 3.55. The van der Waals surface area contributed by atoms with E-state index in [1.165, 1.54) is 0 Å². The van der Waals surface area contributed by atoms with Gasteiger partial charge in [-0.05, 0) is 18.3 Å². The molecule has 0 radical (unpaired) electrons. The molecule has 2 saturated carbocycles. The third kappa shape index (κ3) is 1.27. The van der Waals surface area contributed by atoms with Gasteiger partial charge in [0.25, 0.3) is 0 Å². The number of fused-ring (bicyclic) bond motifs is 2. The first kappa shape index (κ1) is 12.6. The molecule has 1 amide bonds. The van der Waals surface area contributed by atoms with E-state index >= 15 is 0 Å². The quantitative estimate of drug-likeness (QED) is 0.765. The van der Waals surface area contributed by atoms with Gasteiger partial charge in [0.15, 0.2) is 0 Å². The fourth-order valence-corrected chi connectivity index (χ4v) is 3.72. The van der Waals surface area contributed by atoms with Crippen LogP contribution in [0.3, 0.4) is 0 Å². The first-order chi connectivity index (χ1) is 7.82. The van der Waals surface area contributed by atoms with Crippen LogP contribution in [0.15, 0.2) is 0 Å². The zero-order valence-electron chi connectivity index (χ0n) is 10.9. The largest absolute Gasteiger partial charge is 0.354 e. The van der Waals surface area contributed by atoms with E-state index in [-0.39, 0.29) is 22.5 Å². The van der Waals surface area contributed by atoms with Crippen LogP contribution in [0.25, 0.3) is 0 Å². The number of ketones is 1. The molecule has 0 aliphatic heterocycles. The Labute approximate surface area is 102 Å². The highest BCUT2D eigenvalue weighted by atomic mass is 16.2. The van der Waals surface area contributed by atoms with Crippen LogP contribution in [-0.2, 0) is 9.59 Å². The maximum Gasteiger partial charge on any atom is 0.227 e. The first-order valence-electron chi connectivity index (χ1n) is 6.33. The zero-order valence-corrected chi connectivity index (χ0v) is 10.9. The number of hydrogen-bond acceptors (Lipinski definition) is 3.